The van der Waals surface area contributed by atoms with Gasteiger partial charge in [0.15, 0.2) is 0 Å². The predicted molar refractivity (Wildman–Crippen MR) is 86.0 cm³/mol. The van der Waals surface area contributed by atoms with Crippen LogP contribution in [0, 0.1) is 18.6 Å². The summed E-state index contributed by atoms with van der Waals surface area (Å²) >= 11 is 6.02. The Morgan fingerprint density at radius 2 is 1.83 bits per heavy atom. The smallest absolute Gasteiger partial charge is 0.261 e. The second-order valence-corrected chi connectivity index (χ2v) is 5.40. The minimum Gasteiger partial charge on any atom is -0.360 e. The number of rotatable bonds is 3. The van der Waals surface area contributed by atoms with E-state index in [0.29, 0.717) is 0 Å². The van der Waals surface area contributed by atoms with Gasteiger partial charge < -0.3 is 9.84 Å². The van der Waals surface area contributed by atoms with Crippen molar-refractivity contribution < 1.29 is 18.1 Å². The molecule has 0 atom stereocenters. The van der Waals surface area contributed by atoms with Crippen LogP contribution in [0.15, 0.2) is 47.0 Å². The molecular weight excluding hydrogens is 338 g/mol. The van der Waals surface area contributed by atoms with Crippen LogP contribution in [-0.2, 0) is 0 Å². The third kappa shape index (κ3) is 2.88. The van der Waals surface area contributed by atoms with Crippen LogP contribution in [0.4, 0.5) is 14.5 Å². The number of halogens is 3. The number of benzene rings is 2. The van der Waals surface area contributed by atoms with Crippen molar-refractivity contribution in [3.8, 4) is 11.3 Å². The molecule has 0 aliphatic rings. The summed E-state index contributed by atoms with van der Waals surface area (Å²) in [6.07, 6.45) is 0. The van der Waals surface area contributed by atoms with Gasteiger partial charge in [-0.25, -0.2) is 8.78 Å². The first-order valence-electron chi connectivity index (χ1n) is 6.95. The summed E-state index contributed by atoms with van der Waals surface area (Å²) in [4.78, 5) is 12.5. The van der Waals surface area contributed by atoms with Crippen molar-refractivity contribution in [3.63, 3.8) is 0 Å². The van der Waals surface area contributed by atoms with Gasteiger partial charge >= 0.3 is 0 Å². The van der Waals surface area contributed by atoms with Crippen LogP contribution in [0.3, 0.4) is 0 Å². The Balaban J connectivity index is 2.05. The average molecular weight is 349 g/mol. The maximum atomic E-state index is 14.1. The van der Waals surface area contributed by atoms with E-state index in [-0.39, 0.29) is 33.3 Å². The number of nitrogens with zero attached hydrogens (tertiary/aromatic N) is 1. The van der Waals surface area contributed by atoms with Crippen molar-refractivity contribution in [1.29, 1.82) is 0 Å². The van der Waals surface area contributed by atoms with E-state index in [1.807, 2.05) is 0 Å². The van der Waals surface area contributed by atoms with Gasteiger partial charge in [-0.05, 0) is 31.2 Å². The first-order valence-corrected chi connectivity index (χ1v) is 7.33. The highest BCUT2D eigenvalue weighted by atomic mass is 35.5. The van der Waals surface area contributed by atoms with Crippen LogP contribution in [-0.4, -0.2) is 11.1 Å². The van der Waals surface area contributed by atoms with Gasteiger partial charge in [0.05, 0.1) is 16.3 Å². The Morgan fingerprint density at radius 1 is 1.12 bits per heavy atom. The summed E-state index contributed by atoms with van der Waals surface area (Å²) in [5.74, 6) is -1.74. The SMILES string of the molecule is Cc1onc(-c2c(F)cccc2Cl)c1C(=O)Nc1ccccc1F. The van der Waals surface area contributed by atoms with E-state index in [4.69, 9.17) is 16.1 Å². The van der Waals surface area contributed by atoms with Crippen LogP contribution in [0.1, 0.15) is 16.1 Å². The number of hydrogen-bond acceptors (Lipinski definition) is 3. The molecule has 0 aliphatic heterocycles. The Kier molecular flexibility index (Phi) is 4.31. The first-order chi connectivity index (χ1) is 11.5. The lowest BCUT2D eigenvalue weighted by atomic mass is 10.0. The van der Waals surface area contributed by atoms with Gasteiger partial charge in [0.1, 0.15) is 28.7 Å². The van der Waals surface area contributed by atoms with Gasteiger partial charge in [0, 0.05) is 0 Å². The van der Waals surface area contributed by atoms with Crippen molar-refractivity contribution in [2.24, 2.45) is 0 Å². The maximum absolute atomic E-state index is 14.1. The van der Waals surface area contributed by atoms with Gasteiger partial charge in [-0.15, -0.1) is 0 Å². The lowest BCUT2D eigenvalue weighted by Gasteiger charge is -2.08. The highest BCUT2D eigenvalue weighted by molar-refractivity contribution is 6.33. The van der Waals surface area contributed by atoms with Crippen molar-refractivity contribution >= 4 is 23.2 Å². The van der Waals surface area contributed by atoms with E-state index in [9.17, 15) is 13.6 Å². The second-order valence-electron chi connectivity index (χ2n) is 4.99. The van der Waals surface area contributed by atoms with Crippen molar-refractivity contribution in [3.05, 3.63) is 70.4 Å². The standard InChI is InChI=1S/C17H11ClF2N2O2/c1-9-14(17(23)21-13-8-3-2-6-11(13)19)16(22-24-9)15-10(18)5-4-7-12(15)20/h2-8H,1H3,(H,21,23). The van der Waals surface area contributed by atoms with Gasteiger partial charge in [0.2, 0.25) is 0 Å². The molecule has 0 saturated carbocycles. The molecule has 2 aromatic carbocycles. The molecule has 0 unspecified atom stereocenters. The number of aromatic nitrogens is 1. The van der Waals surface area contributed by atoms with Crippen LogP contribution >= 0.6 is 11.6 Å². The molecule has 7 heteroatoms. The van der Waals surface area contributed by atoms with E-state index >= 15 is 0 Å². The number of para-hydroxylation sites is 1. The van der Waals surface area contributed by atoms with E-state index in [1.165, 1.54) is 43.3 Å². The summed E-state index contributed by atoms with van der Waals surface area (Å²) in [6.45, 7) is 1.50. The molecule has 1 N–H and O–H groups in total. The van der Waals surface area contributed by atoms with Crippen molar-refractivity contribution in [2.45, 2.75) is 6.92 Å². The minimum absolute atomic E-state index is 0.00585. The van der Waals surface area contributed by atoms with Crippen LogP contribution in [0.25, 0.3) is 11.3 Å². The van der Waals surface area contributed by atoms with Crippen LogP contribution in [0.2, 0.25) is 5.02 Å². The largest absolute Gasteiger partial charge is 0.360 e. The molecule has 3 aromatic rings. The summed E-state index contributed by atoms with van der Waals surface area (Å²) in [7, 11) is 0. The summed E-state index contributed by atoms with van der Waals surface area (Å²) in [5.41, 5.74) is -0.0990. The summed E-state index contributed by atoms with van der Waals surface area (Å²) < 4.78 is 32.9. The monoisotopic (exact) mass is 348 g/mol. The number of carbonyl (C=O) groups is 1. The van der Waals surface area contributed by atoms with Crippen molar-refractivity contribution in [1.82, 2.24) is 5.16 Å². The molecule has 0 aliphatic carbocycles. The molecule has 0 fully saturated rings. The highest BCUT2D eigenvalue weighted by Gasteiger charge is 2.25. The molecule has 4 nitrogen and oxygen atoms in total. The second kappa shape index (κ2) is 6.41. The lowest BCUT2D eigenvalue weighted by Crippen LogP contribution is -2.14. The van der Waals surface area contributed by atoms with E-state index in [2.05, 4.69) is 10.5 Å². The lowest BCUT2D eigenvalue weighted by molar-refractivity contribution is 0.102. The average Bonchev–Trinajstić information content (AvgIpc) is 2.91. The van der Waals surface area contributed by atoms with Gasteiger partial charge in [0.25, 0.3) is 5.91 Å². The number of anilines is 1. The predicted octanol–water partition coefficient (Wildman–Crippen LogP) is 4.83. The zero-order chi connectivity index (χ0) is 17.3. The van der Waals surface area contributed by atoms with Crippen molar-refractivity contribution in [2.75, 3.05) is 5.32 Å². The fraction of sp³-hybridized carbons (Fsp3) is 0.0588. The third-order valence-corrected chi connectivity index (χ3v) is 3.73. The molecular formula is C17H11ClF2N2O2. The quantitative estimate of drug-likeness (QED) is 0.737. The number of carbonyl (C=O) groups excluding carboxylic acids is 1. The number of hydrogen-bond donors (Lipinski definition) is 1. The topological polar surface area (TPSA) is 55.1 Å². The number of nitrogens with one attached hydrogen (secondary N) is 1. The molecule has 0 spiro atoms. The number of aryl methyl sites for hydroxylation is 1. The normalized spacial score (nSPS) is 10.7. The number of amides is 1. The molecule has 122 valence electrons. The van der Waals surface area contributed by atoms with Gasteiger partial charge in [-0.2, -0.15) is 0 Å². The molecule has 0 radical (unpaired) electrons. The Morgan fingerprint density at radius 3 is 2.54 bits per heavy atom. The summed E-state index contributed by atoms with van der Waals surface area (Å²) in [5, 5.41) is 6.25. The Bertz CT molecular complexity index is 904. The van der Waals surface area contributed by atoms with Gasteiger partial charge in [-0.1, -0.05) is 35.0 Å². The molecule has 1 heterocycles. The molecule has 1 aromatic heterocycles. The van der Waals surface area contributed by atoms with E-state index < -0.39 is 17.5 Å². The molecule has 1 amide bonds. The fourth-order valence-corrected chi connectivity index (χ4v) is 2.53. The summed E-state index contributed by atoms with van der Waals surface area (Å²) in [6, 6.07) is 9.81. The van der Waals surface area contributed by atoms with Gasteiger partial charge in [-0.3, -0.25) is 4.79 Å². The Hall–Kier alpha value is -2.73. The highest BCUT2D eigenvalue weighted by Crippen LogP contribution is 2.33. The van der Waals surface area contributed by atoms with Crippen LogP contribution < -0.4 is 5.32 Å². The zero-order valence-corrected chi connectivity index (χ0v) is 13.2. The molecule has 3 rings (SSSR count). The fourth-order valence-electron chi connectivity index (χ4n) is 2.28. The van der Waals surface area contributed by atoms with E-state index in [0.717, 1.165) is 0 Å². The molecule has 0 saturated heterocycles. The minimum atomic E-state index is -0.673. The zero-order valence-electron chi connectivity index (χ0n) is 12.4. The Labute approximate surface area is 141 Å². The van der Waals surface area contributed by atoms with Crippen LogP contribution in [0.5, 0.6) is 0 Å². The third-order valence-electron chi connectivity index (χ3n) is 3.41. The maximum Gasteiger partial charge on any atom is 0.261 e. The molecule has 0 bridgehead atoms. The first kappa shape index (κ1) is 16.1. The molecule has 24 heavy (non-hydrogen) atoms. The van der Waals surface area contributed by atoms with E-state index in [1.54, 1.807) is 6.07 Å².